The summed E-state index contributed by atoms with van der Waals surface area (Å²) >= 11 is 0. The van der Waals surface area contributed by atoms with Gasteiger partial charge in [-0.05, 0) is 16.8 Å². The monoisotopic (exact) mass is 220 g/mol. The smallest absolute Gasteiger partial charge is 0.240 e. The van der Waals surface area contributed by atoms with Crippen molar-refractivity contribution in [3.05, 3.63) is 0 Å². The standard InChI is InChI=1S/C5H12N6O2S/c1-14(12,13)7-3-2-4-11-5(6)8-9-10-11/h7H,2-4H2,1H3,(H2,6,8,10). The molecule has 0 aliphatic rings. The van der Waals surface area contributed by atoms with E-state index in [0.29, 0.717) is 19.5 Å². The van der Waals surface area contributed by atoms with Gasteiger partial charge in [-0.1, -0.05) is 5.10 Å². The van der Waals surface area contributed by atoms with E-state index in [4.69, 9.17) is 5.73 Å². The molecule has 8 nitrogen and oxygen atoms in total. The van der Waals surface area contributed by atoms with Crippen LogP contribution in [-0.4, -0.2) is 41.4 Å². The summed E-state index contributed by atoms with van der Waals surface area (Å²) < 4.78 is 25.1. The van der Waals surface area contributed by atoms with Gasteiger partial charge in [-0.15, -0.1) is 0 Å². The number of hydrogen-bond acceptors (Lipinski definition) is 6. The molecule has 0 unspecified atom stereocenters. The minimum atomic E-state index is -3.12. The van der Waals surface area contributed by atoms with Crippen LogP contribution in [0.1, 0.15) is 6.42 Å². The summed E-state index contributed by atoms with van der Waals surface area (Å²) in [4.78, 5) is 0. The molecular formula is C5H12N6O2S. The number of anilines is 1. The molecule has 0 spiro atoms. The first-order valence-electron chi connectivity index (χ1n) is 3.95. The van der Waals surface area contributed by atoms with Gasteiger partial charge in [-0.2, -0.15) is 0 Å². The number of nitrogens with one attached hydrogen (secondary N) is 1. The normalized spacial score (nSPS) is 11.8. The fourth-order valence-corrected chi connectivity index (χ4v) is 1.37. The van der Waals surface area contributed by atoms with Crippen molar-refractivity contribution < 1.29 is 8.42 Å². The average Bonchev–Trinajstić information content (AvgIpc) is 2.44. The average molecular weight is 220 g/mol. The number of rotatable bonds is 5. The third-order valence-corrected chi connectivity index (χ3v) is 2.20. The molecule has 14 heavy (non-hydrogen) atoms. The maximum Gasteiger partial charge on any atom is 0.240 e. The Morgan fingerprint density at radius 2 is 2.29 bits per heavy atom. The van der Waals surface area contributed by atoms with Gasteiger partial charge in [0.05, 0.1) is 6.26 Å². The Morgan fingerprint density at radius 3 is 2.79 bits per heavy atom. The lowest BCUT2D eigenvalue weighted by atomic mass is 10.4. The van der Waals surface area contributed by atoms with Crippen molar-refractivity contribution in [2.75, 3.05) is 18.5 Å². The lowest BCUT2D eigenvalue weighted by Crippen LogP contribution is -2.24. The molecule has 1 rings (SSSR count). The second kappa shape index (κ2) is 4.33. The molecule has 1 aromatic rings. The molecule has 1 aromatic heterocycles. The van der Waals surface area contributed by atoms with Crippen LogP contribution in [0.5, 0.6) is 0 Å². The summed E-state index contributed by atoms with van der Waals surface area (Å²) in [5, 5.41) is 10.4. The molecular weight excluding hydrogens is 208 g/mol. The summed E-state index contributed by atoms with van der Waals surface area (Å²) in [5.41, 5.74) is 5.40. The largest absolute Gasteiger partial charge is 0.367 e. The molecule has 0 aromatic carbocycles. The second-order valence-corrected chi connectivity index (χ2v) is 4.61. The van der Waals surface area contributed by atoms with E-state index in [1.807, 2.05) is 0 Å². The number of aromatic nitrogens is 4. The molecule has 0 saturated heterocycles. The van der Waals surface area contributed by atoms with Crippen molar-refractivity contribution in [1.82, 2.24) is 24.9 Å². The molecule has 80 valence electrons. The van der Waals surface area contributed by atoms with Crippen molar-refractivity contribution in [3.63, 3.8) is 0 Å². The van der Waals surface area contributed by atoms with Crippen LogP contribution in [0, 0.1) is 0 Å². The Labute approximate surface area is 81.5 Å². The van der Waals surface area contributed by atoms with E-state index >= 15 is 0 Å². The van der Waals surface area contributed by atoms with Crippen LogP contribution in [0.3, 0.4) is 0 Å². The minimum Gasteiger partial charge on any atom is -0.367 e. The second-order valence-electron chi connectivity index (χ2n) is 2.78. The summed E-state index contributed by atoms with van der Waals surface area (Å²) in [6, 6.07) is 0. The first-order chi connectivity index (χ1) is 6.49. The molecule has 0 aliphatic heterocycles. The highest BCUT2D eigenvalue weighted by Crippen LogP contribution is 1.93. The molecule has 0 bridgehead atoms. The predicted octanol–water partition coefficient (Wildman–Crippen LogP) is -1.81. The van der Waals surface area contributed by atoms with Crippen LogP contribution in [0.25, 0.3) is 0 Å². The molecule has 0 saturated carbocycles. The molecule has 0 radical (unpaired) electrons. The van der Waals surface area contributed by atoms with Gasteiger partial charge in [0, 0.05) is 13.1 Å². The zero-order valence-electron chi connectivity index (χ0n) is 7.71. The van der Waals surface area contributed by atoms with Gasteiger partial charge >= 0.3 is 0 Å². The third kappa shape index (κ3) is 3.66. The van der Waals surface area contributed by atoms with E-state index in [0.717, 1.165) is 6.26 Å². The van der Waals surface area contributed by atoms with Gasteiger partial charge in [0.25, 0.3) is 0 Å². The Morgan fingerprint density at radius 1 is 1.57 bits per heavy atom. The predicted molar refractivity (Wildman–Crippen MR) is 49.7 cm³/mol. The number of tetrazole rings is 1. The highest BCUT2D eigenvalue weighted by molar-refractivity contribution is 7.88. The molecule has 9 heteroatoms. The number of hydrogen-bond donors (Lipinski definition) is 2. The zero-order chi connectivity index (χ0) is 10.6. The Balaban J connectivity index is 2.26. The third-order valence-electron chi connectivity index (χ3n) is 1.47. The van der Waals surface area contributed by atoms with Crippen LogP contribution in [-0.2, 0) is 16.6 Å². The van der Waals surface area contributed by atoms with E-state index in [9.17, 15) is 8.42 Å². The van der Waals surface area contributed by atoms with Crippen molar-refractivity contribution in [2.45, 2.75) is 13.0 Å². The maximum absolute atomic E-state index is 10.7. The fraction of sp³-hybridized carbons (Fsp3) is 0.800. The van der Waals surface area contributed by atoms with Crippen molar-refractivity contribution >= 4 is 16.0 Å². The Kier molecular flexibility index (Phi) is 3.36. The topological polar surface area (TPSA) is 116 Å². The number of nitrogens with zero attached hydrogens (tertiary/aromatic N) is 4. The zero-order valence-corrected chi connectivity index (χ0v) is 8.53. The first-order valence-corrected chi connectivity index (χ1v) is 5.84. The van der Waals surface area contributed by atoms with Gasteiger partial charge in [0.2, 0.25) is 16.0 Å². The molecule has 3 N–H and O–H groups in total. The van der Waals surface area contributed by atoms with E-state index in [1.165, 1.54) is 4.68 Å². The highest BCUT2D eigenvalue weighted by atomic mass is 32.2. The summed E-state index contributed by atoms with van der Waals surface area (Å²) in [5.74, 6) is 0.226. The van der Waals surface area contributed by atoms with Crippen LogP contribution >= 0.6 is 0 Å². The van der Waals surface area contributed by atoms with E-state index in [2.05, 4.69) is 20.2 Å². The van der Waals surface area contributed by atoms with Crippen LogP contribution < -0.4 is 10.5 Å². The van der Waals surface area contributed by atoms with Gasteiger partial charge in [0.1, 0.15) is 0 Å². The van der Waals surface area contributed by atoms with E-state index in [-0.39, 0.29) is 5.95 Å². The lowest BCUT2D eigenvalue weighted by Gasteiger charge is -2.02. The summed E-state index contributed by atoms with van der Waals surface area (Å²) in [7, 11) is -3.12. The summed E-state index contributed by atoms with van der Waals surface area (Å²) in [6.45, 7) is 0.833. The van der Waals surface area contributed by atoms with E-state index in [1.54, 1.807) is 0 Å². The number of aryl methyl sites for hydroxylation is 1. The van der Waals surface area contributed by atoms with Crippen LogP contribution in [0.15, 0.2) is 0 Å². The molecule has 1 heterocycles. The van der Waals surface area contributed by atoms with Gasteiger partial charge in [0.15, 0.2) is 0 Å². The molecule has 0 atom stereocenters. The maximum atomic E-state index is 10.7. The quantitative estimate of drug-likeness (QED) is 0.565. The van der Waals surface area contributed by atoms with Crippen LogP contribution in [0.2, 0.25) is 0 Å². The van der Waals surface area contributed by atoms with Crippen molar-refractivity contribution in [1.29, 1.82) is 0 Å². The Bertz CT molecular complexity index is 385. The van der Waals surface area contributed by atoms with Crippen molar-refractivity contribution in [2.24, 2.45) is 0 Å². The minimum absolute atomic E-state index is 0.226. The Hall–Kier alpha value is -1.22. The molecule has 0 amide bonds. The highest BCUT2D eigenvalue weighted by Gasteiger charge is 2.02. The fourth-order valence-electron chi connectivity index (χ4n) is 0.857. The lowest BCUT2D eigenvalue weighted by molar-refractivity contribution is 0.548. The van der Waals surface area contributed by atoms with E-state index < -0.39 is 10.0 Å². The van der Waals surface area contributed by atoms with Crippen molar-refractivity contribution in [3.8, 4) is 0 Å². The van der Waals surface area contributed by atoms with Crippen LogP contribution in [0.4, 0.5) is 5.95 Å². The number of sulfonamides is 1. The first kappa shape index (κ1) is 10.9. The summed E-state index contributed by atoms with van der Waals surface area (Å²) in [6.07, 6.45) is 1.70. The van der Waals surface area contributed by atoms with Gasteiger partial charge in [-0.25, -0.2) is 17.8 Å². The number of nitrogen functional groups attached to an aromatic ring is 1. The van der Waals surface area contributed by atoms with Gasteiger partial charge in [-0.3, -0.25) is 0 Å². The molecule has 0 aliphatic carbocycles. The molecule has 0 fully saturated rings. The van der Waals surface area contributed by atoms with Gasteiger partial charge < -0.3 is 5.73 Å². The number of nitrogens with two attached hydrogens (primary N) is 1. The SMILES string of the molecule is CS(=O)(=O)NCCCn1nnnc1N.